The summed E-state index contributed by atoms with van der Waals surface area (Å²) in [4.78, 5) is 20.1. The Kier molecular flexibility index (Phi) is 7.01. The average Bonchev–Trinajstić information content (AvgIpc) is 3.53. The van der Waals surface area contributed by atoms with Crippen molar-refractivity contribution in [2.45, 2.75) is 83.7 Å². The smallest absolute Gasteiger partial charge is 0.259 e. The van der Waals surface area contributed by atoms with Crippen LogP contribution in [0.2, 0.25) is 18.1 Å². The second-order valence-corrected chi connectivity index (χ2v) is 17.4. The number of benzene rings is 2. The number of hydrogen-bond donors (Lipinski definition) is 0. The number of thiocarbonyl (C=S) groups is 1. The van der Waals surface area contributed by atoms with Crippen molar-refractivity contribution < 1.29 is 18.3 Å². The van der Waals surface area contributed by atoms with Crippen LogP contribution in [-0.4, -0.2) is 37.1 Å². The number of amides is 1. The lowest BCUT2D eigenvalue weighted by molar-refractivity contribution is -0.120. The molecule has 38 heavy (non-hydrogen) atoms. The van der Waals surface area contributed by atoms with Gasteiger partial charge in [0.2, 0.25) is 0 Å². The summed E-state index contributed by atoms with van der Waals surface area (Å²) in [6.07, 6.45) is 1.81. The highest BCUT2D eigenvalue weighted by molar-refractivity contribution is 7.81. The normalized spacial score (nSPS) is 18.5. The molecule has 2 aliphatic rings. The molecule has 0 N–H and O–H groups in total. The van der Waals surface area contributed by atoms with Crippen LogP contribution in [0, 0.1) is 19.3 Å². The van der Waals surface area contributed by atoms with Crippen LogP contribution in [0.25, 0.3) is 4.85 Å². The van der Waals surface area contributed by atoms with Crippen molar-refractivity contribution in [3.05, 3.63) is 59.2 Å². The van der Waals surface area contributed by atoms with Crippen LogP contribution in [0.5, 0.6) is 5.75 Å². The summed E-state index contributed by atoms with van der Waals surface area (Å²) in [5.41, 5.74) is 0.935. The van der Waals surface area contributed by atoms with Crippen LogP contribution in [0.15, 0.2) is 36.4 Å². The molecule has 2 aromatic carbocycles. The van der Waals surface area contributed by atoms with Gasteiger partial charge in [0, 0.05) is 17.4 Å². The summed E-state index contributed by atoms with van der Waals surface area (Å²) >= 11 is 5.73. The molecular formula is C29H36FN3O3SSi. The standard InChI is InChI=1S/C29H36FN3O3SSi/c1-19-16-20(10-12-23(19)31-7)32-25(34)28(5,6)33(26(32)37)21-11-13-24(22(30)17-21)35-18-29(14-15-29)36-38(8,9)27(2,3)4/h10-13,16-17H,14-15,18H2,1-6,8-9H3. The molecule has 0 aromatic heterocycles. The van der Waals surface area contributed by atoms with Crippen molar-refractivity contribution in [1.82, 2.24) is 0 Å². The minimum absolute atomic E-state index is 0.0828. The third-order valence-corrected chi connectivity index (χ3v) is 12.9. The average molecular weight is 554 g/mol. The molecule has 0 unspecified atom stereocenters. The van der Waals surface area contributed by atoms with Gasteiger partial charge in [0.05, 0.1) is 12.2 Å². The van der Waals surface area contributed by atoms with E-state index in [1.165, 1.54) is 11.0 Å². The number of ether oxygens (including phenoxy) is 1. The van der Waals surface area contributed by atoms with Gasteiger partial charge in [0.1, 0.15) is 12.1 Å². The van der Waals surface area contributed by atoms with E-state index >= 15 is 4.39 Å². The van der Waals surface area contributed by atoms with Crippen LogP contribution in [0.3, 0.4) is 0 Å². The first kappa shape index (κ1) is 28.2. The van der Waals surface area contributed by atoms with E-state index in [0.29, 0.717) is 23.7 Å². The van der Waals surface area contributed by atoms with Gasteiger partial charge < -0.3 is 14.1 Å². The molecule has 6 nitrogen and oxygen atoms in total. The van der Waals surface area contributed by atoms with Gasteiger partial charge in [-0.3, -0.25) is 9.69 Å². The van der Waals surface area contributed by atoms with E-state index in [4.69, 9.17) is 28.0 Å². The van der Waals surface area contributed by atoms with Gasteiger partial charge in [-0.1, -0.05) is 26.8 Å². The van der Waals surface area contributed by atoms with E-state index < -0.39 is 19.7 Å². The number of halogens is 1. The van der Waals surface area contributed by atoms with E-state index in [2.05, 4.69) is 38.7 Å². The number of carbonyl (C=O) groups excluding carboxylic acids is 1. The van der Waals surface area contributed by atoms with Crippen molar-refractivity contribution in [3.8, 4) is 5.75 Å². The van der Waals surface area contributed by atoms with Crippen molar-refractivity contribution in [1.29, 1.82) is 0 Å². The Morgan fingerprint density at radius 2 is 1.76 bits per heavy atom. The van der Waals surface area contributed by atoms with Crippen LogP contribution in [-0.2, 0) is 9.22 Å². The molecule has 1 saturated heterocycles. The maximum atomic E-state index is 15.3. The molecule has 202 valence electrons. The molecule has 1 aliphatic heterocycles. The minimum Gasteiger partial charge on any atom is -0.488 e. The van der Waals surface area contributed by atoms with Crippen molar-refractivity contribution >= 4 is 48.6 Å². The quantitative estimate of drug-likeness (QED) is 0.201. The molecule has 1 aliphatic carbocycles. The van der Waals surface area contributed by atoms with Crippen molar-refractivity contribution in [2.24, 2.45) is 0 Å². The van der Waals surface area contributed by atoms with Crippen molar-refractivity contribution in [2.75, 3.05) is 16.4 Å². The summed E-state index contributed by atoms with van der Waals surface area (Å²) < 4.78 is 27.8. The third kappa shape index (κ3) is 4.97. The lowest BCUT2D eigenvalue weighted by Gasteiger charge is -2.39. The Morgan fingerprint density at radius 1 is 1.13 bits per heavy atom. The van der Waals surface area contributed by atoms with Crippen LogP contribution in [0.4, 0.5) is 21.5 Å². The first-order valence-electron chi connectivity index (χ1n) is 12.8. The first-order valence-corrected chi connectivity index (χ1v) is 16.1. The van der Waals surface area contributed by atoms with E-state index in [-0.39, 0.29) is 27.4 Å². The van der Waals surface area contributed by atoms with Gasteiger partial charge >= 0.3 is 0 Å². The van der Waals surface area contributed by atoms with Gasteiger partial charge in [-0.05, 0) is 93.8 Å². The number of anilines is 2. The lowest BCUT2D eigenvalue weighted by Crippen LogP contribution is -2.46. The van der Waals surface area contributed by atoms with E-state index in [1.54, 1.807) is 49.1 Å². The Morgan fingerprint density at radius 3 is 2.29 bits per heavy atom. The molecule has 0 atom stereocenters. The summed E-state index contributed by atoms with van der Waals surface area (Å²) in [6.45, 7) is 24.0. The lowest BCUT2D eigenvalue weighted by atomic mass is 10.0. The van der Waals surface area contributed by atoms with Gasteiger partial charge in [0.25, 0.3) is 5.91 Å². The molecule has 1 heterocycles. The number of carbonyl (C=O) groups is 1. The molecule has 4 rings (SSSR count). The topological polar surface area (TPSA) is 46.4 Å². The zero-order valence-electron chi connectivity index (χ0n) is 23.4. The molecule has 0 spiro atoms. The SMILES string of the molecule is [C-]#[N+]c1ccc(N2C(=O)C(C)(C)N(c3ccc(OCC4(O[Si](C)(C)C(C)(C)C)CC4)c(F)c3)C2=S)cc1C. The molecule has 1 saturated carbocycles. The van der Waals surface area contributed by atoms with Crippen LogP contribution >= 0.6 is 12.2 Å². The molecule has 1 amide bonds. The fraction of sp³-hybridized carbons (Fsp3) is 0.483. The fourth-order valence-electron chi connectivity index (χ4n) is 4.43. The number of rotatable bonds is 7. The molecular weight excluding hydrogens is 517 g/mol. The van der Waals surface area contributed by atoms with Crippen LogP contribution in [0.1, 0.15) is 53.0 Å². The van der Waals surface area contributed by atoms with E-state index in [9.17, 15) is 4.79 Å². The number of nitrogens with zero attached hydrogens (tertiary/aromatic N) is 3. The second kappa shape index (κ2) is 9.44. The third-order valence-electron chi connectivity index (χ3n) is 7.98. The first-order chi connectivity index (χ1) is 17.5. The largest absolute Gasteiger partial charge is 0.488 e. The summed E-state index contributed by atoms with van der Waals surface area (Å²) in [6, 6.07) is 9.84. The number of aryl methyl sites for hydroxylation is 1. The van der Waals surface area contributed by atoms with Crippen LogP contribution < -0.4 is 14.5 Å². The van der Waals surface area contributed by atoms with Gasteiger partial charge in [-0.15, -0.1) is 0 Å². The summed E-state index contributed by atoms with van der Waals surface area (Å²) in [5, 5.41) is 0.335. The molecule has 0 bridgehead atoms. The molecule has 0 radical (unpaired) electrons. The highest BCUT2D eigenvalue weighted by atomic mass is 32.1. The summed E-state index contributed by atoms with van der Waals surface area (Å²) in [7, 11) is -1.98. The summed E-state index contributed by atoms with van der Waals surface area (Å²) in [5.74, 6) is -0.598. The Labute approximate surface area is 231 Å². The van der Waals surface area contributed by atoms with Gasteiger partial charge in [-0.2, -0.15) is 0 Å². The zero-order valence-corrected chi connectivity index (χ0v) is 25.3. The van der Waals surface area contributed by atoms with E-state index in [0.717, 1.165) is 18.4 Å². The minimum atomic E-state index is -1.98. The highest BCUT2D eigenvalue weighted by Gasteiger charge is 2.53. The van der Waals surface area contributed by atoms with Gasteiger partial charge in [-0.25, -0.2) is 9.24 Å². The Balaban J connectivity index is 1.54. The molecule has 2 fully saturated rings. The van der Waals surface area contributed by atoms with E-state index in [1.807, 2.05) is 6.92 Å². The zero-order chi connectivity index (χ0) is 28.3. The monoisotopic (exact) mass is 553 g/mol. The number of hydrogen-bond acceptors (Lipinski definition) is 4. The predicted octanol–water partition coefficient (Wildman–Crippen LogP) is 7.53. The Bertz CT molecular complexity index is 1340. The fourth-order valence-corrected chi connectivity index (χ4v) is 6.60. The second-order valence-electron chi connectivity index (χ2n) is 12.3. The maximum Gasteiger partial charge on any atom is 0.259 e. The predicted molar refractivity (Wildman–Crippen MR) is 156 cm³/mol. The maximum absolute atomic E-state index is 15.3. The molecule has 9 heteroatoms. The van der Waals surface area contributed by atoms with Crippen molar-refractivity contribution in [3.63, 3.8) is 0 Å². The molecule has 2 aromatic rings. The highest BCUT2D eigenvalue weighted by Crippen LogP contribution is 2.48. The Hall–Kier alpha value is -2.80. The van der Waals surface area contributed by atoms with Gasteiger partial charge in [0.15, 0.2) is 30.7 Å².